The average molecular weight is 364 g/mol. The molecule has 0 amide bonds. The van der Waals surface area contributed by atoms with Crippen LogP contribution in [0, 0.1) is 10.8 Å². The van der Waals surface area contributed by atoms with Crippen molar-refractivity contribution in [1.82, 2.24) is 0 Å². The van der Waals surface area contributed by atoms with Crippen molar-refractivity contribution in [1.29, 1.82) is 0 Å². The molecule has 26 heavy (non-hydrogen) atoms. The van der Waals surface area contributed by atoms with Gasteiger partial charge in [0.2, 0.25) is 5.60 Å². The van der Waals surface area contributed by atoms with E-state index in [-0.39, 0.29) is 29.2 Å². The van der Waals surface area contributed by atoms with Crippen LogP contribution in [0.15, 0.2) is 0 Å². The number of fused-ring (bicyclic) bond motifs is 3. The van der Waals surface area contributed by atoms with Crippen LogP contribution < -0.4 is 0 Å². The lowest BCUT2D eigenvalue weighted by Gasteiger charge is -2.36. The fraction of sp³-hybridized carbons (Fsp3) is 0.905. The number of carbonyl (C=O) groups is 2. The monoisotopic (exact) mass is 364 g/mol. The number of hydrogen-bond donors (Lipinski definition) is 0. The average Bonchev–Trinajstić information content (AvgIpc) is 2.95. The second-order valence-electron chi connectivity index (χ2n) is 9.79. The Kier molecular flexibility index (Phi) is 3.68. The highest BCUT2D eigenvalue weighted by Gasteiger charge is 2.79. The van der Waals surface area contributed by atoms with Crippen LogP contribution in [-0.4, -0.2) is 34.8 Å². The molecule has 0 aromatic rings. The fourth-order valence-corrected chi connectivity index (χ4v) is 5.88. The number of rotatable bonds is 6. The summed E-state index contributed by atoms with van der Waals surface area (Å²) < 4.78 is 17.9. The van der Waals surface area contributed by atoms with Gasteiger partial charge < -0.3 is 14.2 Å². The van der Waals surface area contributed by atoms with Gasteiger partial charge in [-0.15, -0.1) is 0 Å². The smallest absolute Gasteiger partial charge is 0.351 e. The molecule has 0 N–H and O–H groups in total. The topological polar surface area (TPSA) is 65.1 Å². The molecule has 2 bridgehead atoms. The van der Waals surface area contributed by atoms with Crippen molar-refractivity contribution in [2.45, 2.75) is 109 Å². The number of epoxide rings is 1. The molecule has 4 fully saturated rings. The van der Waals surface area contributed by atoms with Crippen molar-refractivity contribution >= 4 is 11.9 Å². The van der Waals surface area contributed by atoms with E-state index in [2.05, 4.69) is 13.8 Å². The molecule has 2 heterocycles. The number of esters is 2. The van der Waals surface area contributed by atoms with Crippen LogP contribution in [0.3, 0.4) is 0 Å². The predicted molar refractivity (Wildman–Crippen MR) is 95.4 cm³/mol. The normalized spacial score (nSPS) is 47.6. The minimum absolute atomic E-state index is 0.157. The van der Waals surface area contributed by atoms with Crippen LogP contribution >= 0.6 is 0 Å². The summed E-state index contributed by atoms with van der Waals surface area (Å²) in [5, 5.41) is 0. The Balaban J connectivity index is 1.53. The molecule has 146 valence electrons. The molecule has 4 rings (SSSR count). The quantitative estimate of drug-likeness (QED) is 0.406. The van der Waals surface area contributed by atoms with Crippen LogP contribution in [0.4, 0.5) is 0 Å². The van der Waals surface area contributed by atoms with Gasteiger partial charge in [-0.2, -0.15) is 0 Å². The molecular formula is C21H32O5. The lowest BCUT2D eigenvalue weighted by Crippen LogP contribution is -2.51. The standard InChI is InChI=1S/C21H32O5/c1-6-7-8-10-20-14(9-11-19(20,5)26-20)24-16(23)21-13-12-18(4,15(22)25-21)17(21,2)3/h14H,6-13H2,1-5H3/t14-,18?,19-,20+,21?/m1/s1. The third kappa shape index (κ3) is 1.91. The maximum absolute atomic E-state index is 13.3. The Labute approximate surface area is 156 Å². The molecule has 5 atom stereocenters. The number of hydrogen-bond acceptors (Lipinski definition) is 5. The van der Waals surface area contributed by atoms with Gasteiger partial charge in [0.05, 0.1) is 11.0 Å². The highest BCUT2D eigenvalue weighted by atomic mass is 16.7. The third-order valence-corrected chi connectivity index (χ3v) is 8.48. The number of carbonyl (C=O) groups excluding carboxylic acids is 2. The van der Waals surface area contributed by atoms with Gasteiger partial charge in [-0.25, -0.2) is 4.79 Å². The van der Waals surface area contributed by atoms with Gasteiger partial charge in [-0.1, -0.05) is 40.0 Å². The van der Waals surface area contributed by atoms with Crippen molar-refractivity contribution in [3.63, 3.8) is 0 Å². The molecule has 2 saturated carbocycles. The second kappa shape index (κ2) is 5.24. The Morgan fingerprint density at radius 1 is 1.15 bits per heavy atom. The van der Waals surface area contributed by atoms with Crippen molar-refractivity contribution in [2.75, 3.05) is 0 Å². The van der Waals surface area contributed by atoms with Gasteiger partial charge in [0, 0.05) is 5.41 Å². The zero-order chi connectivity index (χ0) is 19.0. The Bertz CT molecular complexity index is 657. The predicted octanol–water partition coefficient (Wildman–Crippen LogP) is 3.92. The maximum atomic E-state index is 13.3. The summed E-state index contributed by atoms with van der Waals surface area (Å²) in [5.41, 5.74) is -2.79. The van der Waals surface area contributed by atoms with Crippen molar-refractivity contribution in [3.8, 4) is 0 Å². The van der Waals surface area contributed by atoms with Crippen LogP contribution in [-0.2, 0) is 23.8 Å². The fourth-order valence-electron chi connectivity index (χ4n) is 5.88. The Morgan fingerprint density at radius 3 is 2.42 bits per heavy atom. The lowest BCUT2D eigenvalue weighted by molar-refractivity contribution is -0.189. The van der Waals surface area contributed by atoms with E-state index in [9.17, 15) is 9.59 Å². The van der Waals surface area contributed by atoms with E-state index in [1.54, 1.807) is 0 Å². The molecule has 5 heteroatoms. The SMILES string of the molecule is CCCCC[C@@]12O[C@]1(C)CC[C@H]2OC(=O)C12CCC(C)(C(=O)O1)C2(C)C. The summed E-state index contributed by atoms with van der Waals surface area (Å²) in [5.74, 6) is -0.626. The Hall–Kier alpha value is -1.10. The minimum atomic E-state index is -1.14. The first kappa shape index (κ1) is 18.3. The summed E-state index contributed by atoms with van der Waals surface area (Å²) >= 11 is 0. The molecule has 0 aromatic carbocycles. The summed E-state index contributed by atoms with van der Waals surface area (Å²) in [6, 6.07) is 0. The molecule has 5 nitrogen and oxygen atoms in total. The summed E-state index contributed by atoms with van der Waals surface area (Å²) in [4.78, 5) is 25.7. The first-order valence-corrected chi connectivity index (χ1v) is 10.2. The van der Waals surface area contributed by atoms with E-state index >= 15 is 0 Å². The van der Waals surface area contributed by atoms with Gasteiger partial charge in [0.25, 0.3) is 0 Å². The zero-order valence-electron chi connectivity index (χ0n) is 16.8. The van der Waals surface area contributed by atoms with Crippen molar-refractivity contribution < 1.29 is 23.8 Å². The first-order chi connectivity index (χ1) is 12.1. The largest absolute Gasteiger partial charge is 0.456 e. The van der Waals surface area contributed by atoms with Crippen LogP contribution in [0.2, 0.25) is 0 Å². The first-order valence-electron chi connectivity index (χ1n) is 10.2. The highest BCUT2D eigenvalue weighted by molar-refractivity contribution is 5.93. The number of unbranched alkanes of at least 4 members (excludes halogenated alkanes) is 2. The van der Waals surface area contributed by atoms with Gasteiger partial charge in [0.1, 0.15) is 11.7 Å². The zero-order valence-corrected chi connectivity index (χ0v) is 16.8. The summed E-state index contributed by atoms with van der Waals surface area (Å²) in [6.07, 6.45) is 7.09. The van der Waals surface area contributed by atoms with E-state index in [1.165, 1.54) is 0 Å². The number of ether oxygens (including phenoxy) is 3. The molecule has 0 radical (unpaired) electrons. The molecular weight excluding hydrogens is 332 g/mol. The summed E-state index contributed by atoms with van der Waals surface area (Å²) in [7, 11) is 0. The lowest BCUT2D eigenvalue weighted by atomic mass is 9.66. The molecule has 0 spiro atoms. The van der Waals surface area contributed by atoms with Gasteiger partial charge in [-0.05, 0) is 46.0 Å². The van der Waals surface area contributed by atoms with E-state index in [1.807, 2.05) is 20.8 Å². The maximum Gasteiger partial charge on any atom is 0.351 e. The Morgan fingerprint density at radius 2 is 1.88 bits per heavy atom. The van der Waals surface area contributed by atoms with E-state index in [0.717, 1.165) is 38.5 Å². The van der Waals surface area contributed by atoms with E-state index in [4.69, 9.17) is 14.2 Å². The van der Waals surface area contributed by atoms with Crippen molar-refractivity contribution in [2.24, 2.45) is 10.8 Å². The van der Waals surface area contributed by atoms with Crippen LogP contribution in [0.1, 0.15) is 86.0 Å². The van der Waals surface area contributed by atoms with E-state index < -0.39 is 16.4 Å². The molecule has 2 aliphatic heterocycles. The van der Waals surface area contributed by atoms with Gasteiger partial charge in [0.15, 0.2) is 0 Å². The molecule has 2 unspecified atom stereocenters. The molecule has 0 aromatic heterocycles. The highest BCUT2D eigenvalue weighted by Crippen LogP contribution is 2.67. The van der Waals surface area contributed by atoms with Gasteiger partial charge >= 0.3 is 11.9 Å². The third-order valence-electron chi connectivity index (χ3n) is 8.48. The summed E-state index contributed by atoms with van der Waals surface area (Å²) in [6.45, 7) is 10.2. The molecule has 4 aliphatic rings. The van der Waals surface area contributed by atoms with Crippen molar-refractivity contribution in [3.05, 3.63) is 0 Å². The minimum Gasteiger partial charge on any atom is -0.456 e. The molecule has 2 aliphatic carbocycles. The van der Waals surface area contributed by atoms with Gasteiger partial charge in [-0.3, -0.25) is 4.79 Å². The van der Waals surface area contributed by atoms with Crippen LogP contribution in [0.25, 0.3) is 0 Å². The van der Waals surface area contributed by atoms with Crippen LogP contribution in [0.5, 0.6) is 0 Å². The molecule has 2 saturated heterocycles. The van der Waals surface area contributed by atoms with E-state index in [0.29, 0.717) is 12.8 Å². The second-order valence-corrected chi connectivity index (χ2v) is 9.79.